The molecule has 5 heteroatoms. The summed E-state index contributed by atoms with van der Waals surface area (Å²) >= 11 is 11.7. The third-order valence-electron chi connectivity index (χ3n) is 2.60. The Kier molecular flexibility index (Phi) is 5.16. The average molecular weight is 308 g/mol. The highest BCUT2D eigenvalue weighted by Gasteiger charge is 2.01. The minimum atomic E-state index is -0.173. The van der Waals surface area contributed by atoms with E-state index in [1.54, 1.807) is 24.3 Å². The molecule has 1 aromatic carbocycles. The van der Waals surface area contributed by atoms with Crippen molar-refractivity contribution in [1.82, 2.24) is 5.32 Å². The molecule has 2 rings (SSSR count). The summed E-state index contributed by atoms with van der Waals surface area (Å²) in [6, 6.07) is 10.9. The molecule has 0 radical (unpaired) electrons. The number of halogens is 2. The molecule has 0 unspecified atom stereocenters. The molecule has 1 amide bonds. The van der Waals surface area contributed by atoms with Crippen molar-refractivity contribution in [2.75, 3.05) is 0 Å². The van der Waals surface area contributed by atoms with Crippen LogP contribution in [0.25, 0.3) is 6.08 Å². The van der Waals surface area contributed by atoms with Gasteiger partial charge in [0.25, 0.3) is 0 Å². The third-order valence-corrected chi connectivity index (χ3v) is 3.34. The number of carbonyl (C=O) groups excluding carboxylic acids is 1. The van der Waals surface area contributed by atoms with Gasteiger partial charge in [-0.25, -0.2) is 4.98 Å². The number of carbonyl (C=O) groups is 1. The fourth-order valence-electron chi connectivity index (χ4n) is 1.57. The van der Waals surface area contributed by atoms with E-state index in [1.165, 1.54) is 6.08 Å². The summed E-state index contributed by atoms with van der Waals surface area (Å²) in [6.45, 7) is 0.450. The van der Waals surface area contributed by atoms with Crippen molar-refractivity contribution in [1.29, 1.82) is 0 Å². The number of amides is 1. The smallest absolute Gasteiger partial charge is 0.244 e. The zero-order valence-corrected chi connectivity index (χ0v) is 12.1. The van der Waals surface area contributed by atoms with Crippen molar-refractivity contribution < 1.29 is 9.78 Å². The molecular weight excluding hydrogens is 295 g/mol. The van der Waals surface area contributed by atoms with Gasteiger partial charge in [0, 0.05) is 18.2 Å². The maximum atomic E-state index is 11.7. The molecule has 102 valence electrons. The average Bonchev–Trinajstić information content (AvgIpc) is 2.47. The zero-order valence-electron chi connectivity index (χ0n) is 10.6. The van der Waals surface area contributed by atoms with E-state index >= 15 is 0 Å². The van der Waals surface area contributed by atoms with Crippen LogP contribution in [0.1, 0.15) is 11.3 Å². The number of nitrogens with one attached hydrogen (secondary N) is 2. The topological polar surface area (TPSA) is 43.2 Å². The van der Waals surface area contributed by atoms with Crippen LogP contribution in [0.15, 0.2) is 48.7 Å². The van der Waals surface area contributed by atoms with Gasteiger partial charge in [0.2, 0.25) is 5.91 Å². The zero-order chi connectivity index (χ0) is 14.4. The predicted octanol–water partition coefficient (Wildman–Crippen LogP) is 3.14. The van der Waals surface area contributed by atoms with Gasteiger partial charge in [0.1, 0.15) is 6.54 Å². The van der Waals surface area contributed by atoms with E-state index in [4.69, 9.17) is 23.2 Å². The highest BCUT2D eigenvalue weighted by Crippen LogP contribution is 2.22. The molecule has 0 spiro atoms. The number of rotatable bonds is 4. The number of pyridine rings is 1. The van der Waals surface area contributed by atoms with Crippen LogP contribution in [-0.2, 0) is 11.3 Å². The van der Waals surface area contributed by atoms with Crippen LogP contribution >= 0.6 is 23.2 Å². The molecular formula is C15H13Cl2N2O+. The predicted molar refractivity (Wildman–Crippen MR) is 80.3 cm³/mol. The van der Waals surface area contributed by atoms with E-state index < -0.39 is 0 Å². The van der Waals surface area contributed by atoms with Gasteiger partial charge in [-0.15, -0.1) is 0 Å². The second kappa shape index (κ2) is 7.08. The van der Waals surface area contributed by atoms with Crippen LogP contribution in [0.5, 0.6) is 0 Å². The Hall–Kier alpha value is -1.84. The maximum Gasteiger partial charge on any atom is 0.244 e. The fraction of sp³-hybridized carbons (Fsp3) is 0.0667. The maximum absolute atomic E-state index is 11.7. The molecule has 0 atom stereocenters. The van der Waals surface area contributed by atoms with Crippen LogP contribution in [-0.4, -0.2) is 5.91 Å². The van der Waals surface area contributed by atoms with Gasteiger partial charge in [-0.1, -0.05) is 35.3 Å². The minimum absolute atomic E-state index is 0.173. The summed E-state index contributed by atoms with van der Waals surface area (Å²) < 4.78 is 0. The van der Waals surface area contributed by atoms with E-state index in [0.717, 1.165) is 11.3 Å². The first-order chi connectivity index (χ1) is 9.65. The lowest BCUT2D eigenvalue weighted by molar-refractivity contribution is -0.390. The van der Waals surface area contributed by atoms with Gasteiger partial charge >= 0.3 is 0 Å². The van der Waals surface area contributed by atoms with E-state index in [0.29, 0.717) is 16.6 Å². The molecule has 2 aromatic rings. The molecule has 20 heavy (non-hydrogen) atoms. The number of aromatic nitrogens is 1. The summed E-state index contributed by atoms with van der Waals surface area (Å²) in [5.74, 6) is -0.173. The molecule has 0 bridgehead atoms. The molecule has 2 N–H and O–H groups in total. The van der Waals surface area contributed by atoms with Crippen molar-refractivity contribution in [2.24, 2.45) is 0 Å². The van der Waals surface area contributed by atoms with Crippen LogP contribution in [0.3, 0.4) is 0 Å². The molecule has 0 aliphatic heterocycles. The van der Waals surface area contributed by atoms with Crippen molar-refractivity contribution in [2.45, 2.75) is 6.54 Å². The standard InChI is InChI=1S/C15H12Cl2N2O/c16-13-6-4-11(9-14(13)17)5-7-15(20)19-10-12-3-1-2-8-18-12/h1-9H,10H2,(H,19,20)/p+1. The second-order valence-electron chi connectivity index (χ2n) is 4.11. The Balaban J connectivity index is 1.90. The van der Waals surface area contributed by atoms with Crippen molar-refractivity contribution in [3.05, 3.63) is 70.0 Å². The summed E-state index contributed by atoms with van der Waals surface area (Å²) in [5, 5.41) is 3.74. The number of hydrogen-bond acceptors (Lipinski definition) is 1. The van der Waals surface area contributed by atoms with E-state index in [-0.39, 0.29) is 5.91 Å². The number of benzene rings is 1. The number of H-pyrrole nitrogens is 1. The van der Waals surface area contributed by atoms with E-state index in [2.05, 4.69) is 10.3 Å². The normalized spacial score (nSPS) is 10.7. The molecule has 0 aliphatic carbocycles. The molecule has 0 fully saturated rings. The van der Waals surface area contributed by atoms with Gasteiger partial charge in [0.05, 0.1) is 10.0 Å². The Morgan fingerprint density at radius 3 is 2.75 bits per heavy atom. The first kappa shape index (κ1) is 14.6. The third kappa shape index (κ3) is 4.37. The van der Waals surface area contributed by atoms with Crippen LogP contribution in [0.2, 0.25) is 10.0 Å². The lowest BCUT2D eigenvalue weighted by Crippen LogP contribution is -2.24. The first-order valence-electron chi connectivity index (χ1n) is 6.02. The summed E-state index contributed by atoms with van der Waals surface area (Å²) in [6.07, 6.45) is 4.96. The molecule has 0 saturated carbocycles. The fourth-order valence-corrected chi connectivity index (χ4v) is 1.88. The largest absolute Gasteiger partial charge is 0.342 e. The Bertz CT molecular complexity index is 627. The summed E-state index contributed by atoms with van der Waals surface area (Å²) in [7, 11) is 0. The van der Waals surface area contributed by atoms with Crippen LogP contribution < -0.4 is 10.3 Å². The lowest BCUT2D eigenvalue weighted by atomic mass is 10.2. The SMILES string of the molecule is O=C(C=Cc1ccc(Cl)c(Cl)c1)NCc1cccc[nH+]1. The van der Waals surface area contributed by atoms with Crippen molar-refractivity contribution in [3.8, 4) is 0 Å². The molecule has 3 nitrogen and oxygen atoms in total. The van der Waals surface area contributed by atoms with Gasteiger partial charge < -0.3 is 5.32 Å². The lowest BCUT2D eigenvalue weighted by Gasteiger charge is -1.99. The Labute approximate surface area is 127 Å². The van der Waals surface area contributed by atoms with Crippen LogP contribution in [0, 0.1) is 0 Å². The quantitative estimate of drug-likeness (QED) is 0.866. The highest BCUT2D eigenvalue weighted by atomic mass is 35.5. The van der Waals surface area contributed by atoms with Crippen LogP contribution in [0.4, 0.5) is 0 Å². The monoisotopic (exact) mass is 307 g/mol. The Morgan fingerprint density at radius 1 is 1.20 bits per heavy atom. The Morgan fingerprint density at radius 2 is 2.05 bits per heavy atom. The van der Waals surface area contributed by atoms with Gasteiger partial charge in [0.15, 0.2) is 11.9 Å². The van der Waals surface area contributed by atoms with Gasteiger partial charge in [-0.2, -0.15) is 0 Å². The summed E-state index contributed by atoms with van der Waals surface area (Å²) in [5.41, 5.74) is 1.75. The first-order valence-corrected chi connectivity index (χ1v) is 6.77. The van der Waals surface area contributed by atoms with Crippen molar-refractivity contribution in [3.63, 3.8) is 0 Å². The van der Waals surface area contributed by atoms with E-state index in [1.807, 2.05) is 24.4 Å². The highest BCUT2D eigenvalue weighted by molar-refractivity contribution is 6.42. The molecule has 0 aliphatic rings. The number of aromatic amines is 1. The van der Waals surface area contributed by atoms with E-state index in [9.17, 15) is 4.79 Å². The number of hydrogen-bond donors (Lipinski definition) is 1. The summed E-state index contributed by atoms with van der Waals surface area (Å²) in [4.78, 5) is 14.7. The minimum Gasteiger partial charge on any atom is -0.342 e. The molecule has 0 saturated heterocycles. The second-order valence-corrected chi connectivity index (χ2v) is 4.93. The molecule has 1 heterocycles. The van der Waals surface area contributed by atoms with Gasteiger partial charge in [-0.3, -0.25) is 4.79 Å². The molecule has 1 aromatic heterocycles. The van der Waals surface area contributed by atoms with Crippen molar-refractivity contribution >= 4 is 35.2 Å². The van der Waals surface area contributed by atoms with Gasteiger partial charge in [-0.05, 0) is 23.8 Å².